The monoisotopic (exact) mass is 346 g/mol. The molecule has 8 nitrogen and oxygen atoms in total. The van der Waals surface area contributed by atoms with Crippen LogP contribution in [0.2, 0.25) is 0 Å². The number of hydrogen-bond donors (Lipinski definition) is 1. The zero-order valence-electron chi connectivity index (χ0n) is 14.6. The molecule has 2 rings (SSSR count). The van der Waals surface area contributed by atoms with Gasteiger partial charge in [-0.3, -0.25) is 19.5 Å². The van der Waals surface area contributed by atoms with Crippen LogP contribution in [0.5, 0.6) is 0 Å². The van der Waals surface area contributed by atoms with Gasteiger partial charge in [0.15, 0.2) is 5.58 Å². The molecule has 0 fully saturated rings. The van der Waals surface area contributed by atoms with Gasteiger partial charge in [0.2, 0.25) is 0 Å². The Balaban J connectivity index is 0.00000288. The van der Waals surface area contributed by atoms with Gasteiger partial charge in [-0.1, -0.05) is 19.3 Å². The van der Waals surface area contributed by atoms with Gasteiger partial charge in [0.25, 0.3) is 5.69 Å². The largest absolute Gasteiger partial charge is 1.00 e. The first-order valence-corrected chi connectivity index (χ1v) is 7.48. The van der Waals surface area contributed by atoms with E-state index in [1.165, 1.54) is 22.8 Å². The smallest absolute Gasteiger partial charge is 1.00 e. The van der Waals surface area contributed by atoms with Crippen LogP contribution in [0.1, 0.15) is 40.0 Å². The third-order valence-electron chi connectivity index (χ3n) is 3.63. The summed E-state index contributed by atoms with van der Waals surface area (Å²) < 4.78 is 6.48. The number of fused-ring (bicyclic) bond motifs is 1. The maximum atomic E-state index is 11.8. The standard InChI is InChI=1S/C15H18N2O6.Na.H/c18-14(19)6-4-2-1-3-5-9-16-12-10-11(17(21)22)7-8-13(12)23-15(16)20;;/h7-8,10H,1-6,9H2,(H,18,19);;/q;+1;-1. The fraction of sp³-hybridized carbons (Fsp3) is 0.467. The SMILES string of the molecule is O=C(O)CCCCCCCn1c(=O)oc2ccc([N+](=O)[O-])cc21.[H-].[Na+]. The molecule has 0 saturated carbocycles. The molecule has 1 N–H and O–H groups in total. The Labute approximate surface area is 161 Å². The van der Waals surface area contributed by atoms with Crippen LogP contribution in [0.25, 0.3) is 11.1 Å². The first kappa shape index (κ1) is 20.4. The number of carbonyl (C=O) groups is 1. The number of nitro groups is 1. The van der Waals surface area contributed by atoms with Gasteiger partial charge in [0.05, 0.1) is 10.4 Å². The maximum absolute atomic E-state index is 11.8. The minimum absolute atomic E-state index is 0. The Kier molecular flexibility index (Phi) is 8.17. The molecule has 0 aliphatic heterocycles. The number of unbranched alkanes of at least 4 members (excludes halogenated alkanes) is 4. The van der Waals surface area contributed by atoms with E-state index >= 15 is 0 Å². The van der Waals surface area contributed by atoms with Crippen molar-refractivity contribution in [3.05, 3.63) is 38.9 Å². The Morgan fingerprint density at radius 1 is 1.25 bits per heavy atom. The predicted molar refractivity (Wildman–Crippen MR) is 83.6 cm³/mol. The Bertz CT molecular complexity index is 773. The van der Waals surface area contributed by atoms with Crippen molar-refractivity contribution < 1.29 is 50.2 Å². The van der Waals surface area contributed by atoms with Gasteiger partial charge in [-0.2, -0.15) is 0 Å². The molecule has 0 aliphatic rings. The van der Waals surface area contributed by atoms with E-state index in [1.807, 2.05) is 0 Å². The van der Waals surface area contributed by atoms with Gasteiger partial charge in [-0.25, -0.2) is 4.79 Å². The number of oxazole rings is 1. The van der Waals surface area contributed by atoms with Crippen molar-refractivity contribution in [2.75, 3.05) is 0 Å². The van der Waals surface area contributed by atoms with Crippen molar-refractivity contribution >= 4 is 22.8 Å². The molecule has 0 bridgehead atoms. The Hall–Kier alpha value is -1.64. The third-order valence-corrected chi connectivity index (χ3v) is 3.63. The third kappa shape index (κ3) is 5.47. The molecule has 1 heterocycles. The molecule has 0 saturated heterocycles. The van der Waals surface area contributed by atoms with Crippen LogP contribution in [-0.4, -0.2) is 20.6 Å². The van der Waals surface area contributed by atoms with E-state index in [-0.39, 0.29) is 43.1 Å². The van der Waals surface area contributed by atoms with Crippen molar-refractivity contribution in [1.82, 2.24) is 4.57 Å². The van der Waals surface area contributed by atoms with Crippen LogP contribution in [0.4, 0.5) is 5.69 Å². The number of rotatable bonds is 9. The van der Waals surface area contributed by atoms with E-state index < -0.39 is 16.6 Å². The molecule has 0 unspecified atom stereocenters. The van der Waals surface area contributed by atoms with Gasteiger partial charge >= 0.3 is 41.3 Å². The number of nitro benzene ring substituents is 1. The minimum atomic E-state index is -0.789. The van der Waals surface area contributed by atoms with Crippen LogP contribution in [-0.2, 0) is 11.3 Å². The maximum Gasteiger partial charge on any atom is 1.00 e. The van der Waals surface area contributed by atoms with E-state index in [4.69, 9.17) is 9.52 Å². The normalized spacial score (nSPS) is 10.5. The van der Waals surface area contributed by atoms with Gasteiger partial charge in [0, 0.05) is 25.1 Å². The fourth-order valence-corrected chi connectivity index (χ4v) is 2.45. The predicted octanol–water partition coefficient (Wildman–Crippen LogP) is 0.0444. The number of nitrogens with zero attached hydrogens (tertiary/aromatic N) is 2. The quantitative estimate of drug-likeness (QED) is 0.297. The molecule has 2 aromatic rings. The fourth-order valence-electron chi connectivity index (χ4n) is 2.45. The van der Waals surface area contributed by atoms with Crippen molar-refractivity contribution in [2.45, 2.75) is 45.1 Å². The molecule has 0 amide bonds. The van der Waals surface area contributed by atoms with Crippen molar-refractivity contribution in [1.29, 1.82) is 0 Å². The van der Waals surface area contributed by atoms with E-state index in [0.29, 0.717) is 24.1 Å². The number of aliphatic carboxylic acids is 1. The molecule has 0 aliphatic carbocycles. The van der Waals surface area contributed by atoms with E-state index in [2.05, 4.69) is 0 Å². The Morgan fingerprint density at radius 2 is 1.92 bits per heavy atom. The van der Waals surface area contributed by atoms with Gasteiger partial charge in [-0.05, 0) is 18.9 Å². The second-order valence-electron chi connectivity index (χ2n) is 5.34. The zero-order valence-corrected chi connectivity index (χ0v) is 15.6. The minimum Gasteiger partial charge on any atom is -1.00 e. The summed E-state index contributed by atoms with van der Waals surface area (Å²) in [5, 5.41) is 19.4. The topological polar surface area (TPSA) is 116 Å². The van der Waals surface area contributed by atoms with Gasteiger partial charge in [-0.15, -0.1) is 0 Å². The van der Waals surface area contributed by atoms with E-state index in [9.17, 15) is 19.7 Å². The molecular weight excluding hydrogens is 327 g/mol. The molecular formula is C15H19N2NaO6. The number of hydrogen-bond acceptors (Lipinski definition) is 5. The summed E-state index contributed by atoms with van der Waals surface area (Å²) in [4.78, 5) is 32.5. The first-order chi connectivity index (χ1) is 11.0. The van der Waals surface area contributed by atoms with Gasteiger partial charge < -0.3 is 11.0 Å². The molecule has 0 radical (unpaired) electrons. The second-order valence-corrected chi connectivity index (χ2v) is 5.34. The number of aryl methyl sites for hydroxylation is 1. The average Bonchev–Trinajstić information content (AvgIpc) is 2.81. The van der Waals surface area contributed by atoms with Crippen LogP contribution in [0.3, 0.4) is 0 Å². The summed E-state index contributed by atoms with van der Waals surface area (Å²) in [6.07, 6.45) is 4.13. The molecule has 0 atom stereocenters. The van der Waals surface area contributed by atoms with E-state index in [0.717, 1.165) is 25.7 Å². The summed E-state index contributed by atoms with van der Waals surface area (Å²) in [6.45, 7) is 0.423. The van der Waals surface area contributed by atoms with Crippen LogP contribution in [0.15, 0.2) is 27.4 Å². The van der Waals surface area contributed by atoms with Gasteiger partial charge in [0.1, 0.15) is 0 Å². The van der Waals surface area contributed by atoms with Crippen molar-refractivity contribution in [3.8, 4) is 0 Å². The molecule has 1 aromatic carbocycles. The van der Waals surface area contributed by atoms with Crippen LogP contribution < -0.4 is 35.3 Å². The number of benzene rings is 1. The first-order valence-electron chi connectivity index (χ1n) is 7.48. The average molecular weight is 346 g/mol. The van der Waals surface area contributed by atoms with Crippen molar-refractivity contribution in [3.63, 3.8) is 0 Å². The van der Waals surface area contributed by atoms with E-state index in [1.54, 1.807) is 0 Å². The molecule has 24 heavy (non-hydrogen) atoms. The summed E-state index contributed by atoms with van der Waals surface area (Å²) in [7, 11) is 0. The molecule has 126 valence electrons. The summed E-state index contributed by atoms with van der Waals surface area (Å²) in [5.41, 5.74) is 0.679. The molecule has 1 aromatic heterocycles. The van der Waals surface area contributed by atoms with Crippen LogP contribution >= 0.6 is 0 Å². The molecule has 0 spiro atoms. The number of carboxylic acids is 1. The second kappa shape index (κ2) is 9.61. The number of carboxylic acid groups (broad SMARTS) is 1. The summed E-state index contributed by atoms with van der Waals surface area (Å²) >= 11 is 0. The molecule has 9 heteroatoms. The van der Waals surface area contributed by atoms with Crippen molar-refractivity contribution in [2.24, 2.45) is 0 Å². The summed E-state index contributed by atoms with van der Waals surface area (Å²) in [6, 6.07) is 4.07. The summed E-state index contributed by atoms with van der Waals surface area (Å²) in [5.74, 6) is -1.31. The van der Waals surface area contributed by atoms with Crippen LogP contribution in [0, 0.1) is 10.1 Å². The zero-order chi connectivity index (χ0) is 16.8. The Morgan fingerprint density at radius 3 is 2.58 bits per heavy atom. The number of non-ortho nitro benzene ring substituents is 1. The number of aromatic nitrogens is 1.